The number of nitrogens with zero attached hydrogens (tertiary/aromatic N) is 2. The quantitative estimate of drug-likeness (QED) is 0.704. The summed E-state index contributed by atoms with van der Waals surface area (Å²) in [7, 11) is 3.23. The van der Waals surface area contributed by atoms with Crippen molar-refractivity contribution in [3.63, 3.8) is 0 Å². The van der Waals surface area contributed by atoms with E-state index in [2.05, 4.69) is 10.4 Å². The predicted molar refractivity (Wildman–Crippen MR) is 107 cm³/mol. The number of amides is 1. The Labute approximate surface area is 168 Å². The molecule has 0 fully saturated rings. The molecule has 1 atom stereocenters. The molecule has 0 saturated heterocycles. The number of fused-ring (bicyclic) bond motifs is 1. The van der Waals surface area contributed by atoms with Gasteiger partial charge >= 0.3 is 0 Å². The first-order chi connectivity index (χ1) is 13.6. The smallest absolute Gasteiger partial charge is 0.226 e. The Morgan fingerprint density at radius 1 is 1.14 bits per heavy atom. The van der Waals surface area contributed by atoms with Gasteiger partial charge in [0.25, 0.3) is 0 Å². The van der Waals surface area contributed by atoms with E-state index < -0.39 is 0 Å². The second kappa shape index (κ2) is 7.56. The van der Waals surface area contributed by atoms with E-state index in [1.807, 2.05) is 48.7 Å². The molecule has 1 aliphatic heterocycles. The maximum Gasteiger partial charge on any atom is 0.226 e. The molecule has 28 heavy (non-hydrogen) atoms. The minimum absolute atomic E-state index is 0.0479. The van der Waals surface area contributed by atoms with Gasteiger partial charge in [0.1, 0.15) is 17.3 Å². The zero-order valence-corrected chi connectivity index (χ0v) is 16.4. The van der Waals surface area contributed by atoms with Crippen molar-refractivity contribution in [2.24, 2.45) is 0 Å². The number of carbonyl (C=O) groups excluding carboxylic acids is 1. The average Bonchev–Trinajstić information content (AvgIpc) is 3.11. The molecular weight excluding hydrogens is 378 g/mol. The molecule has 144 valence electrons. The monoisotopic (exact) mass is 397 g/mol. The number of anilines is 1. The number of methoxy groups -OCH3 is 2. The Morgan fingerprint density at radius 2 is 1.93 bits per heavy atom. The average molecular weight is 398 g/mol. The molecule has 0 saturated carbocycles. The lowest BCUT2D eigenvalue weighted by Gasteiger charge is -2.25. The summed E-state index contributed by atoms with van der Waals surface area (Å²) in [5.41, 5.74) is 2.95. The van der Waals surface area contributed by atoms with E-state index in [0.717, 1.165) is 16.7 Å². The minimum atomic E-state index is -0.136. The Hall–Kier alpha value is -2.99. The van der Waals surface area contributed by atoms with Gasteiger partial charge < -0.3 is 14.8 Å². The van der Waals surface area contributed by atoms with Gasteiger partial charge in [-0.1, -0.05) is 29.8 Å². The summed E-state index contributed by atoms with van der Waals surface area (Å²) >= 11 is 5.96. The van der Waals surface area contributed by atoms with Crippen molar-refractivity contribution in [1.82, 2.24) is 9.78 Å². The molecule has 4 rings (SSSR count). The third-order valence-corrected chi connectivity index (χ3v) is 5.20. The number of carbonyl (C=O) groups is 1. The van der Waals surface area contributed by atoms with E-state index in [4.69, 9.17) is 21.1 Å². The van der Waals surface area contributed by atoms with Crippen LogP contribution in [-0.2, 0) is 11.3 Å². The summed E-state index contributed by atoms with van der Waals surface area (Å²) in [4.78, 5) is 12.4. The van der Waals surface area contributed by atoms with Gasteiger partial charge in [0.05, 0.1) is 27.0 Å². The van der Waals surface area contributed by atoms with Gasteiger partial charge in [-0.3, -0.25) is 4.79 Å². The van der Waals surface area contributed by atoms with Crippen molar-refractivity contribution in [3.8, 4) is 11.5 Å². The maximum absolute atomic E-state index is 12.4. The molecule has 1 aromatic heterocycles. The van der Waals surface area contributed by atoms with Gasteiger partial charge in [0.15, 0.2) is 0 Å². The number of benzene rings is 2. The largest absolute Gasteiger partial charge is 0.497 e. The van der Waals surface area contributed by atoms with Crippen LogP contribution < -0.4 is 14.8 Å². The highest BCUT2D eigenvalue weighted by atomic mass is 35.5. The lowest BCUT2D eigenvalue weighted by atomic mass is 9.86. The summed E-state index contributed by atoms with van der Waals surface area (Å²) in [5, 5.41) is 8.17. The van der Waals surface area contributed by atoms with Gasteiger partial charge in [0, 0.05) is 34.6 Å². The van der Waals surface area contributed by atoms with Crippen LogP contribution in [0, 0.1) is 0 Å². The van der Waals surface area contributed by atoms with Crippen LogP contribution in [0.5, 0.6) is 11.5 Å². The van der Waals surface area contributed by atoms with Gasteiger partial charge in [-0.05, 0) is 23.8 Å². The number of hydrogen-bond acceptors (Lipinski definition) is 4. The maximum atomic E-state index is 12.4. The highest BCUT2D eigenvalue weighted by Gasteiger charge is 2.31. The zero-order chi connectivity index (χ0) is 19.7. The van der Waals surface area contributed by atoms with Crippen molar-refractivity contribution in [3.05, 3.63) is 70.4 Å². The SMILES string of the molecule is COc1ccc([C@H]2CC(=O)Nc3c2cnn3Cc2ccc(Cl)cc2)c(OC)c1. The Kier molecular flexibility index (Phi) is 4.96. The minimum Gasteiger partial charge on any atom is -0.497 e. The van der Waals surface area contributed by atoms with Gasteiger partial charge in [-0.25, -0.2) is 4.68 Å². The third kappa shape index (κ3) is 3.43. The van der Waals surface area contributed by atoms with E-state index in [1.54, 1.807) is 18.9 Å². The molecule has 0 radical (unpaired) electrons. The highest BCUT2D eigenvalue weighted by Crippen LogP contribution is 2.41. The molecule has 1 amide bonds. The Morgan fingerprint density at radius 3 is 2.64 bits per heavy atom. The molecule has 3 aromatic rings. The number of aromatic nitrogens is 2. The summed E-state index contributed by atoms with van der Waals surface area (Å²) < 4.78 is 12.6. The van der Waals surface area contributed by atoms with Crippen molar-refractivity contribution >= 4 is 23.3 Å². The second-order valence-electron chi connectivity index (χ2n) is 6.65. The van der Waals surface area contributed by atoms with Crippen molar-refractivity contribution in [2.75, 3.05) is 19.5 Å². The molecule has 1 N–H and O–H groups in total. The van der Waals surface area contributed by atoms with Crippen LogP contribution in [0.1, 0.15) is 29.0 Å². The van der Waals surface area contributed by atoms with Crippen LogP contribution in [-0.4, -0.2) is 29.9 Å². The van der Waals surface area contributed by atoms with Crippen LogP contribution in [0.15, 0.2) is 48.7 Å². The topological polar surface area (TPSA) is 65.4 Å². The van der Waals surface area contributed by atoms with Gasteiger partial charge in [0.2, 0.25) is 5.91 Å². The molecule has 0 aliphatic carbocycles. The molecule has 0 spiro atoms. The molecular formula is C21H20ClN3O3. The summed E-state index contributed by atoms with van der Waals surface area (Å²) in [6.07, 6.45) is 2.15. The molecule has 6 nitrogen and oxygen atoms in total. The number of rotatable bonds is 5. The lowest BCUT2D eigenvalue weighted by molar-refractivity contribution is -0.116. The Balaban J connectivity index is 1.71. The van der Waals surface area contributed by atoms with Crippen molar-refractivity contribution in [1.29, 1.82) is 0 Å². The van der Waals surface area contributed by atoms with Crippen LogP contribution in [0.2, 0.25) is 5.02 Å². The number of nitrogens with one attached hydrogen (secondary N) is 1. The van der Waals surface area contributed by atoms with Gasteiger partial charge in [-0.2, -0.15) is 5.10 Å². The normalized spacial score (nSPS) is 15.7. The molecule has 1 aliphatic rings. The first-order valence-electron chi connectivity index (χ1n) is 8.91. The number of ether oxygens (including phenoxy) is 2. The number of halogens is 1. The molecule has 7 heteroatoms. The fourth-order valence-electron chi connectivity index (χ4n) is 3.54. The lowest BCUT2D eigenvalue weighted by Crippen LogP contribution is -2.25. The van der Waals surface area contributed by atoms with E-state index in [1.165, 1.54) is 0 Å². The first-order valence-corrected chi connectivity index (χ1v) is 9.28. The van der Waals surface area contributed by atoms with Crippen molar-refractivity contribution < 1.29 is 14.3 Å². The van der Waals surface area contributed by atoms with Crippen molar-refractivity contribution in [2.45, 2.75) is 18.9 Å². The fraction of sp³-hybridized carbons (Fsp3) is 0.238. The highest BCUT2D eigenvalue weighted by molar-refractivity contribution is 6.30. The Bertz CT molecular complexity index is 1010. The first kappa shape index (κ1) is 18.4. The molecule has 2 aromatic carbocycles. The van der Waals surface area contributed by atoms with Crippen LogP contribution >= 0.6 is 11.6 Å². The standard InChI is InChI=1S/C21H20ClN3O3/c1-27-15-7-8-16(19(9-15)28-2)17-10-20(26)24-21-18(17)11-23-25(21)12-13-3-5-14(22)6-4-13/h3-9,11,17H,10,12H2,1-2H3,(H,24,26)/t17-/m1/s1. The summed E-state index contributed by atoms with van der Waals surface area (Å²) in [6.45, 7) is 0.541. The van der Waals surface area contributed by atoms with E-state index in [-0.39, 0.29) is 11.8 Å². The van der Waals surface area contributed by atoms with E-state index in [9.17, 15) is 4.79 Å². The number of hydrogen-bond donors (Lipinski definition) is 1. The van der Waals surface area contributed by atoms with E-state index in [0.29, 0.717) is 35.3 Å². The third-order valence-electron chi connectivity index (χ3n) is 4.95. The molecule has 0 bridgehead atoms. The summed E-state index contributed by atoms with van der Waals surface area (Å²) in [6, 6.07) is 13.2. The zero-order valence-electron chi connectivity index (χ0n) is 15.6. The van der Waals surface area contributed by atoms with Crippen LogP contribution in [0.3, 0.4) is 0 Å². The van der Waals surface area contributed by atoms with E-state index >= 15 is 0 Å². The molecule has 0 unspecified atom stereocenters. The fourth-order valence-corrected chi connectivity index (χ4v) is 3.66. The second-order valence-corrected chi connectivity index (χ2v) is 7.08. The molecule has 2 heterocycles. The summed E-state index contributed by atoms with van der Waals surface area (Å²) in [5.74, 6) is 1.93. The van der Waals surface area contributed by atoms with Crippen LogP contribution in [0.25, 0.3) is 0 Å². The van der Waals surface area contributed by atoms with Gasteiger partial charge in [-0.15, -0.1) is 0 Å². The van der Waals surface area contributed by atoms with Crippen LogP contribution in [0.4, 0.5) is 5.82 Å². The predicted octanol–water partition coefficient (Wildman–Crippen LogP) is 4.08.